The van der Waals surface area contributed by atoms with Crippen LogP contribution in [0.5, 0.6) is 0 Å². The van der Waals surface area contributed by atoms with Crippen molar-refractivity contribution in [3.63, 3.8) is 0 Å². The number of hydrogen-bond acceptors (Lipinski definition) is 6. The number of allylic oxidation sites excluding steroid dienone is 1. The van der Waals surface area contributed by atoms with Gasteiger partial charge in [0.15, 0.2) is 0 Å². The number of halogens is 1. The number of fused-ring (bicyclic) bond motifs is 1. The molecular weight excluding hydrogens is 396 g/mol. The van der Waals surface area contributed by atoms with Gasteiger partial charge < -0.3 is 15.1 Å². The number of hydrogen-bond donors (Lipinski definition) is 1. The first kappa shape index (κ1) is 21.8. The molecule has 6 nitrogen and oxygen atoms in total. The predicted molar refractivity (Wildman–Crippen MR) is 125 cm³/mol. The summed E-state index contributed by atoms with van der Waals surface area (Å²) in [7, 11) is 0. The molecule has 2 aromatic rings. The summed E-state index contributed by atoms with van der Waals surface area (Å²) in [5.41, 5.74) is 6.62. The lowest BCUT2D eigenvalue weighted by molar-refractivity contribution is 0.583. The molecule has 3 heterocycles. The van der Waals surface area contributed by atoms with E-state index >= 15 is 0 Å². The quantitative estimate of drug-likeness (QED) is 0.742. The van der Waals surface area contributed by atoms with E-state index in [1.807, 2.05) is 13.0 Å². The van der Waals surface area contributed by atoms with Crippen LogP contribution in [0, 0.1) is 11.3 Å². The molecule has 0 spiro atoms. The summed E-state index contributed by atoms with van der Waals surface area (Å²) in [5.74, 6) is 0.978. The van der Waals surface area contributed by atoms with Crippen LogP contribution in [0.4, 0.5) is 11.5 Å². The number of nitrogens with zero attached hydrogens (tertiary/aromatic N) is 5. The fraction of sp³-hybridized carbons (Fsp3) is 0.348. The lowest BCUT2D eigenvalue weighted by Gasteiger charge is -2.30. The smallest absolute Gasteiger partial charge is 0.224 e. The maximum atomic E-state index is 7.32. The molecule has 30 heavy (non-hydrogen) atoms. The highest BCUT2D eigenvalue weighted by Crippen LogP contribution is 2.38. The molecule has 7 heteroatoms. The van der Waals surface area contributed by atoms with Crippen LogP contribution in [0.3, 0.4) is 0 Å². The topological polar surface area (TPSA) is 68.1 Å². The van der Waals surface area contributed by atoms with Gasteiger partial charge in [-0.1, -0.05) is 31.4 Å². The highest BCUT2D eigenvalue weighted by atomic mass is 35.5. The minimum atomic E-state index is 0.323. The molecule has 4 rings (SSSR count). The first-order chi connectivity index (χ1) is 14.5. The number of nitriles is 1. The Labute approximate surface area is 183 Å². The Morgan fingerprint density at radius 2 is 1.93 bits per heavy atom. The van der Waals surface area contributed by atoms with E-state index in [1.165, 1.54) is 12.5 Å². The van der Waals surface area contributed by atoms with Crippen LogP contribution in [0.15, 0.2) is 31.4 Å². The predicted octanol–water partition coefficient (Wildman–Crippen LogP) is 4.27. The van der Waals surface area contributed by atoms with E-state index in [9.17, 15) is 0 Å². The largest absolute Gasteiger partial charge is 0.361 e. The maximum absolute atomic E-state index is 7.32. The molecule has 1 fully saturated rings. The summed E-state index contributed by atoms with van der Waals surface area (Å²) in [6, 6.07) is 8.03. The van der Waals surface area contributed by atoms with Crippen LogP contribution in [-0.2, 0) is 13.1 Å². The van der Waals surface area contributed by atoms with Gasteiger partial charge in [0.2, 0.25) is 5.28 Å². The van der Waals surface area contributed by atoms with E-state index in [-0.39, 0.29) is 0 Å². The minimum Gasteiger partial charge on any atom is -0.361 e. The summed E-state index contributed by atoms with van der Waals surface area (Å²) in [4.78, 5) is 13.8. The monoisotopic (exact) mass is 422 g/mol. The number of piperazine rings is 1. The molecule has 0 radical (unpaired) electrons. The summed E-state index contributed by atoms with van der Waals surface area (Å²) in [6.45, 7) is 16.9. The Morgan fingerprint density at radius 1 is 1.23 bits per heavy atom. The third-order valence-corrected chi connectivity index (χ3v) is 5.38. The van der Waals surface area contributed by atoms with Crippen molar-refractivity contribution in [2.75, 3.05) is 36.0 Å². The number of rotatable bonds is 4. The van der Waals surface area contributed by atoms with Gasteiger partial charge in [0.1, 0.15) is 5.82 Å². The van der Waals surface area contributed by atoms with Gasteiger partial charge in [0.05, 0.1) is 18.3 Å². The van der Waals surface area contributed by atoms with Gasteiger partial charge in [-0.3, -0.25) is 0 Å². The standard InChI is InChI=1S/C21H24ClN5.C2H3N/c1-4-15-6-5-7-18(19(15)14(2)3)27-12-16-17(13-27)24-21(22)25-20(16)26-10-8-23-9-11-26;1-2-3/h4-7,23H,1-2,8-13H2,3H3;1H3. The normalized spacial score (nSPS) is 15.0. The van der Waals surface area contributed by atoms with Crippen LogP contribution in [0.2, 0.25) is 5.28 Å². The first-order valence-electron chi connectivity index (χ1n) is 9.98. The van der Waals surface area contributed by atoms with Crippen molar-refractivity contribution in [2.24, 2.45) is 0 Å². The molecule has 1 N–H and O–H groups in total. The van der Waals surface area contributed by atoms with E-state index in [0.717, 1.165) is 73.2 Å². The average Bonchev–Trinajstić information content (AvgIpc) is 3.17. The maximum Gasteiger partial charge on any atom is 0.224 e. The SMILES string of the molecule is C=Cc1cccc(N2Cc3nc(Cl)nc(N4CCNCC4)c3C2)c1C(=C)C.CC#N. The molecule has 2 aliphatic heterocycles. The van der Waals surface area contributed by atoms with Gasteiger partial charge in [0.25, 0.3) is 0 Å². The Balaban J connectivity index is 0.000000806. The van der Waals surface area contributed by atoms with E-state index in [0.29, 0.717) is 5.28 Å². The van der Waals surface area contributed by atoms with Crippen molar-refractivity contribution in [3.8, 4) is 6.07 Å². The Kier molecular flexibility index (Phi) is 7.09. The van der Waals surface area contributed by atoms with Gasteiger partial charge in [-0.2, -0.15) is 5.26 Å². The van der Waals surface area contributed by atoms with Gasteiger partial charge in [0, 0.05) is 56.5 Å². The van der Waals surface area contributed by atoms with Gasteiger partial charge in [-0.15, -0.1) is 0 Å². The lowest BCUT2D eigenvalue weighted by Crippen LogP contribution is -2.44. The van der Waals surface area contributed by atoms with Crippen LogP contribution < -0.4 is 15.1 Å². The number of anilines is 2. The third-order valence-electron chi connectivity index (χ3n) is 5.21. The van der Waals surface area contributed by atoms with Gasteiger partial charge in [-0.25, -0.2) is 9.97 Å². The zero-order chi connectivity index (χ0) is 21.7. The second-order valence-electron chi connectivity index (χ2n) is 7.28. The highest BCUT2D eigenvalue weighted by Gasteiger charge is 2.29. The van der Waals surface area contributed by atoms with Gasteiger partial charge in [-0.05, 0) is 35.7 Å². The van der Waals surface area contributed by atoms with Crippen LogP contribution in [0.1, 0.15) is 36.2 Å². The molecular formula is C23H27ClN6. The molecule has 1 aromatic carbocycles. The molecule has 0 amide bonds. The van der Waals surface area contributed by atoms with Crippen molar-refractivity contribution in [3.05, 3.63) is 59.0 Å². The Morgan fingerprint density at radius 3 is 2.57 bits per heavy atom. The zero-order valence-electron chi connectivity index (χ0n) is 17.6. The third kappa shape index (κ3) is 4.48. The van der Waals surface area contributed by atoms with E-state index in [2.05, 4.69) is 56.4 Å². The van der Waals surface area contributed by atoms with E-state index in [1.54, 1.807) is 6.07 Å². The van der Waals surface area contributed by atoms with Gasteiger partial charge >= 0.3 is 0 Å². The molecule has 0 saturated carbocycles. The van der Waals surface area contributed by atoms with Crippen molar-refractivity contribution in [1.82, 2.24) is 15.3 Å². The van der Waals surface area contributed by atoms with E-state index in [4.69, 9.17) is 16.9 Å². The summed E-state index contributed by atoms with van der Waals surface area (Å²) < 4.78 is 0. The Hall–Kier alpha value is -2.88. The molecule has 156 valence electrons. The van der Waals surface area contributed by atoms with Crippen LogP contribution in [0.25, 0.3) is 11.6 Å². The first-order valence-corrected chi connectivity index (χ1v) is 10.4. The highest BCUT2D eigenvalue weighted by molar-refractivity contribution is 6.28. The van der Waals surface area contributed by atoms with Crippen molar-refractivity contribution < 1.29 is 0 Å². The molecule has 0 aliphatic carbocycles. The van der Waals surface area contributed by atoms with E-state index < -0.39 is 0 Å². The molecule has 1 saturated heterocycles. The summed E-state index contributed by atoms with van der Waals surface area (Å²) in [6.07, 6.45) is 1.89. The minimum absolute atomic E-state index is 0.323. The molecule has 0 unspecified atom stereocenters. The number of nitrogens with one attached hydrogen (secondary N) is 1. The fourth-order valence-corrected chi connectivity index (χ4v) is 4.15. The summed E-state index contributed by atoms with van der Waals surface area (Å²) >= 11 is 6.26. The second-order valence-corrected chi connectivity index (χ2v) is 7.62. The number of benzene rings is 1. The van der Waals surface area contributed by atoms with Crippen LogP contribution in [-0.4, -0.2) is 36.1 Å². The molecule has 0 atom stereocenters. The second kappa shape index (κ2) is 9.75. The van der Waals surface area contributed by atoms with Crippen molar-refractivity contribution in [1.29, 1.82) is 5.26 Å². The molecule has 0 bridgehead atoms. The van der Waals surface area contributed by atoms with Crippen LogP contribution >= 0.6 is 11.6 Å². The molecule has 2 aliphatic rings. The average molecular weight is 423 g/mol. The Bertz CT molecular complexity index is 988. The summed E-state index contributed by atoms with van der Waals surface area (Å²) in [5, 5.41) is 11.0. The van der Waals surface area contributed by atoms with Crippen molar-refractivity contribution in [2.45, 2.75) is 26.9 Å². The molecule has 1 aromatic heterocycles. The fourth-order valence-electron chi connectivity index (χ4n) is 3.97. The number of aromatic nitrogens is 2. The zero-order valence-corrected chi connectivity index (χ0v) is 18.3. The van der Waals surface area contributed by atoms with Crippen molar-refractivity contribution >= 4 is 34.8 Å². The lowest BCUT2D eigenvalue weighted by atomic mass is 9.99.